The van der Waals surface area contributed by atoms with E-state index >= 15 is 0 Å². The summed E-state index contributed by atoms with van der Waals surface area (Å²) < 4.78 is 0. The second-order valence-electron chi connectivity index (χ2n) is 6.07. The molecule has 0 saturated heterocycles. The van der Waals surface area contributed by atoms with Crippen LogP contribution in [0.1, 0.15) is 35.6 Å². The first-order valence-corrected chi connectivity index (χ1v) is 8.79. The number of aromatic nitrogens is 1. The smallest absolute Gasteiger partial charge is 0.263 e. The van der Waals surface area contributed by atoms with Crippen LogP contribution in [0, 0.1) is 12.8 Å². The first-order chi connectivity index (χ1) is 11.4. The van der Waals surface area contributed by atoms with E-state index in [1.165, 1.54) is 11.3 Å². The van der Waals surface area contributed by atoms with E-state index in [9.17, 15) is 9.59 Å². The molecule has 0 saturated carbocycles. The fourth-order valence-corrected chi connectivity index (χ4v) is 3.39. The van der Waals surface area contributed by atoms with Gasteiger partial charge in [-0.15, -0.1) is 11.3 Å². The standard InChI is InChI=1S/C18H23N3O2S/c1-11(2)10-14(16(22)19-4)21-17(23)15-12(3)20-18(24-15)13-8-6-5-7-9-13/h5-9,11,14H,10H2,1-4H3,(H,19,22)(H,21,23)/t14-/m1/s1. The van der Waals surface area contributed by atoms with Gasteiger partial charge in [-0.1, -0.05) is 44.2 Å². The van der Waals surface area contributed by atoms with Crippen molar-refractivity contribution < 1.29 is 9.59 Å². The van der Waals surface area contributed by atoms with Crippen LogP contribution in [0.4, 0.5) is 0 Å². The van der Waals surface area contributed by atoms with Gasteiger partial charge in [-0.05, 0) is 19.3 Å². The molecular formula is C18H23N3O2S. The quantitative estimate of drug-likeness (QED) is 0.845. The molecule has 6 heteroatoms. The summed E-state index contributed by atoms with van der Waals surface area (Å²) in [4.78, 5) is 29.6. The van der Waals surface area contributed by atoms with Crippen LogP contribution < -0.4 is 10.6 Å². The van der Waals surface area contributed by atoms with Crippen LogP contribution in [0.25, 0.3) is 10.6 Å². The van der Waals surface area contributed by atoms with Crippen LogP contribution in [-0.2, 0) is 4.79 Å². The normalized spacial score (nSPS) is 12.0. The van der Waals surface area contributed by atoms with Crippen molar-refractivity contribution in [1.29, 1.82) is 0 Å². The van der Waals surface area contributed by atoms with Crippen LogP contribution in [-0.4, -0.2) is 29.9 Å². The number of nitrogens with zero attached hydrogens (tertiary/aromatic N) is 1. The lowest BCUT2D eigenvalue weighted by Gasteiger charge is -2.18. The summed E-state index contributed by atoms with van der Waals surface area (Å²) in [5.41, 5.74) is 1.66. The Kier molecular flexibility index (Phi) is 6.09. The number of carbonyl (C=O) groups excluding carboxylic acids is 2. The fraction of sp³-hybridized carbons (Fsp3) is 0.389. The highest BCUT2D eigenvalue weighted by atomic mass is 32.1. The molecule has 5 nitrogen and oxygen atoms in total. The van der Waals surface area contributed by atoms with E-state index in [0.29, 0.717) is 22.9 Å². The largest absolute Gasteiger partial charge is 0.357 e. The molecule has 0 aliphatic rings. The Labute approximate surface area is 146 Å². The van der Waals surface area contributed by atoms with Gasteiger partial charge in [-0.2, -0.15) is 0 Å². The molecule has 0 aliphatic heterocycles. The predicted octanol–water partition coefficient (Wildman–Crippen LogP) is 3.01. The van der Waals surface area contributed by atoms with Gasteiger partial charge in [-0.25, -0.2) is 4.98 Å². The van der Waals surface area contributed by atoms with Gasteiger partial charge in [0.25, 0.3) is 5.91 Å². The summed E-state index contributed by atoms with van der Waals surface area (Å²) in [6, 6.07) is 9.21. The maximum Gasteiger partial charge on any atom is 0.263 e. The molecule has 0 aliphatic carbocycles. The van der Waals surface area contributed by atoms with E-state index in [1.807, 2.05) is 51.1 Å². The van der Waals surface area contributed by atoms with Crippen molar-refractivity contribution in [3.8, 4) is 10.6 Å². The third kappa shape index (κ3) is 4.41. The summed E-state index contributed by atoms with van der Waals surface area (Å²) in [6.07, 6.45) is 0.592. The van der Waals surface area contributed by atoms with Crippen LogP contribution in [0.3, 0.4) is 0 Å². The molecule has 1 aromatic carbocycles. The molecule has 2 amide bonds. The number of nitrogens with one attached hydrogen (secondary N) is 2. The topological polar surface area (TPSA) is 71.1 Å². The SMILES string of the molecule is CNC(=O)[C@@H](CC(C)C)NC(=O)c1sc(-c2ccccc2)nc1C. The molecule has 1 heterocycles. The summed E-state index contributed by atoms with van der Waals surface area (Å²) >= 11 is 1.35. The summed E-state index contributed by atoms with van der Waals surface area (Å²) in [6.45, 7) is 5.86. The number of carbonyl (C=O) groups is 2. The Morgan fingerprint density at radius 3 is 2.46 bits per heavy atom. The van der Waals surface area contributed by atoms with E-state index < -0.39 is 6.04 Å². The number of hydrogen-bond donors (Lipinski definition) is 2. The van der Waals surface area contributed by atoms with Crippen LogP contribution in [0.5, 0.6) is 0 Å². The second-order valence-corrected chi connectivity index (χ2v) is 7.07. The molecule has 2 N–H and O–H groups in total. The van der Waals surface area contributed by atoms with Crippen LogP contribution in [0.15, 0.2) is 30.3 Å². The summed E-state index contributed by atoms with van der Waals surface area (Å²) in [5.74, 6) is -0.126. The van der Waals surface area contributed by atoms with Crippen molar-refractivity contribution in [3.05, 3.63) is 40.9 Å². The van der Waals surface area contributed by atoms with Gasteiger partial charge in [0.2, 0.25) is 5.91 Å². The van der Waals surface area contributed by atoms with Crippen molar-refractivity contribution in [2.24, 2.45) is 5.92 Å². The van der Waals surface area contributed by atoms with Gasteiger partial charge >= 0.3 is 0 Å². The first kappa shape index (κ1) is 18.1. The van der Waals surface area contributed by atoms with Crippen molar-refractivity contribution in [2.45, 2.75) is 33.2 Å². The summed E-state index contributed by atoms with van der Waals surface area (Å²) in [5, 5.41) is 6.25. The Hall–Kier alpha value is -2.21. The highest BCUT2D eigenvalue weighted by molar-refractivity contribution is 7.17. The third-order valence-electron chi connectivity index (χ3n) is 3.60. The lowest BCUT2D eigenvalue weighted by molar-refractivity contribution is -0.122. The van der Waals surface area contributed by atoms with Crippen molar-refractivity contribution in [3.63, 3.8) is 0 Å². The Balaban J connectivity index is 2.20. The number of benzene rings is 1. The van der Waals surface area contributed by atoms with Gasteiger partial charge in [0.05, 0.1) is 5.69 Å². The Morgan fingerprint density at radius 2 is 1.88 bits per heavy atom. The highest BCUT2D eigenvalue weighted by Crippen LogP contribution is 2.27. The van der Waals surface area contributed by atoms with E-state index in [0.717, 1.165) is 10.6 Å². The number of thiazole rings is 1. The minimum atomic E-state index is -0.538. The molecule has 1 aromatic heterocycles. The predicted molar refractivity (Wildman–Crippen MR) is 97.1 cm³/mol. The van der Waals surface area contributed by atoms with Gasteiger partial charge < -0.3 is 10.6 Å². The average Bonchev–Trinajstić information content (AvgIpc) is 2.96. The fourth-order valence-electron chi connectivity index (χ4n) is 2.41. The zero-order valence-electron chi connectivity index (χ0n) is 14.4. The zero-order valence-corrected chi connectivity index (χ0v) is 15.2. The van der Waals surface area contributed by atoms with E-state index in [1.54, 1.807) is 7.05 Å². The van der Waals surface area contributed by atoms with Gasteiger partial charge in [0.1, 0.15) is 15.9 Å². The molecule has 24 heavy (non-hydrogen) atoms. The summed E-state index contributed by atoms with van der Waals surface area (Å²) in [7, 11) is 1.58. The molecule has 0 unspecified atom stereocenters. The molecule has 0 radical (unpaired) electrons. The third-order valence-corrected chi connectivity index (χ3v) is 4.80. The zero-order chi connectivity index (χ0) is 17.7. The Morgan fingerprint density at radius 1 is 1.21 bits per heavy atom. The van der Waals surface area contributed by atoms with Gasteiger partial charge in [0.15, 0.2) is 0 Å². The highest BCUT2D eigenvalue weighted by Gasteiger charge is 2.24. The van der Waals surface area contributed by atoms with E-state index in [2.05, 4.69) is 15.6 Å². The minimum Gasteiger partial charge on any atom is -0.357 e. The molecule has 0 bridgehead atoms. The molecule has 2 aromatic rings. The minimum absolute atomic E-state index is 0.178. The number of aryl methyl sites for hydroxylation is 1. The maximum absolute atomic E-state index is 12.6. The van der Waals surface area contributed by atoms with Crippen molar-refractivity contribution >= 4 is 23.2 Å². The molecule has 2 rings (SSSR count). The lowest BCUT2D eigenvalue weighted by Crippen LogP contribution is -2.46. The molecular weight excluding hydrogens is 322 g/mol. The number of amides is 2. The maximum atomic E-state index is 12.6. The van der Waals surface area contributed by atoms with Crippen LogP contribution in [0.2, 0.25) is 0 Å². The molecule has 1 atom stereocenters. The molecule has 0 fully saturated rings. The van der Waals surface area contributed by atoms with Crippen molar-refractivity contribution in [2.75, 3.05) is 7.05 Å². The first-order valence-electron chi connectivity index (χ1n) is 7.97. The van der Waals surface area contributed by atoms with Crippen molar-refractivity contribution in [1.82, 2.24) is 15.6 Å². The van der Waals surface area contributed by atoms with Gasteiger partial charge in [-0.3, -0.25) is 9.59 Å². The molecule has 0 spiro atoms. The van der Waals surface area contributed by atoms with E-state index in [-0.39, 0.29) is 11.8 Å². The number of hydrogen-bond acceptors (Lipinski definition) is 4. The monoisotopic (exact) mass is 345 g/mol. The van der Waals surface area contributed by atoms with Gasteiger partial charge in [0, 0.05) is 12.6 Å². The number of rotatable bonds is 6. The van der Waals surface area contributed by atoms with Crippen LogP contribution >= 0.6 is 11.3 Å². The second kappa shape index (κ2) is 8.06. The number of likely N-dealkylation sites (N-methyl/N-ethyl adjacent to an activating group) is 1. The lowest BCUT2D eigenvalue weighted by atomic mass is 10.0. The Bertz CT molecular complexity index is 710. The molecule has 128 valence electrons. The average molecular weight is 345 g/mol. The van der Waals surface area contributed by atoms with E-state index in [4.69, 9.17) is 0 Å².